The zero-order valence-corrected chi connectivity index (χ0v) is 11.3. The minimum absolute atomic E-state index is 0. The molecule has 1 atom stereocenters. The number of hydrogen-bond acceptors (Lipinski definition) is 3. The van der Waals surface area contributed by atoms with Crippen molar-refractivity contribution in [1.29, 1.82) is 0 Å². The predicted molar refractivity (Wildman–Crippen MR) is 83.3 cm³/mol. The van der Waals surface area contributed by atoms with Gasteiger partial charge in [-0.05, 0) is 24.3 Å². The van der Waals surface area contributed by atoms with Gasteiger partial charge in [-0.1, -0.05) is 30.3 Å². The van der Waals surface area contributed by atoms with Gasteiger partial charge in [0.15, 0.2) is 0 Å². The molecule has 0 aliphatic rings. The largest absolute Gasteiger partial charge is 0.496 e. The molecule has 19 heavy (non-hydrogen) atoms. The fourth-order valence-electron chi connectivity index (χ4n) is 1.84. The van der Waals surface area contributed by atoms with E-state index < -0.39 is 7.37 Å². The molecule has 0 fully saturated rings. The van der Waals surface area contributed by atoms with Gasteiger partial charge in [0.1, 0.15) is 5.75 Å². The Kier molecular flexibility index (Phi) is 5.40. The van der Waals surface area contributed by atoms with Crippen molar-refractivity contribution in [3.8, 4) is 5.75 Å². The van der Waals surface area contributed by atoms with Crippen molar-refractivity contribution in [3.05, 3.63) is 54.6 Å². The number of rotatable bonds is 4. The van der Waals surface area contributed by atoms with Crippen LogP contribution < -0.4 is 15.3 Å². The number of methoxy groups -OCH3 is 1. The van der Waals surface area contributed by atoms with E-state index in [1.807, 2.05) is 30.3 Å². The third-order valence-electron chi connectivity index (χ3n) is 2.76. The maximum Gasteiger partial charge on any atom is 0.264 e. The Bertz CT molecular complexity index is 572. The fourth-order valence-corrected chi connectivity index (χ4v) is 3.83. The summed E-state index contributed by atoms with van der Waals surface area (Å²) < 4.78 is 23.7. The van der Waals surface area contributed by atoms with E-state index in [9.17, 15) is 4.57 Å². The smallest absolute Gasteiger partial charge is 0.264 e. The lowest BCUT2D eigenvalue weighted by Gasteiger charge is -2.19. The molecule has 0 heterocycles. The molecule has 5 heteroatoms. The van der Waals surface area contributed by atoms with Gasteiger partial charge in [0.25, 0.3) is 7.37 Å². The van der Waals surface area contributed by atoms with Gasteiger partial charge in [0, 0.05) is 12.4 Å². The Labute approximate surface area is 115 Å². The van der Waals surface area contributed by atoms with Crippen LogP contribution in [-0.4, -0.2) is 22.6 Å². The first-order valence-corrected chi connectivity index (χ1v) is 7.20. The highest BCUT2D eigenvalue weighted by Crippen LogP contribution is 2.46. The van der Waals surface area contributed by atoms with Crippen molar-refractivity contribution in [2.24, 2.45) is 0 Å². The normalized spacial score (nSPS) is 13.2. The van der Waals surface area contributed by atoms with Crippen LogP contribution in [0.4, 0.5) is 0 Å². The molecule has 0 amide bonds. The molecule has 2 rings (SSSR count). The van der Waals surface area contributed by atoms with Gasteiger partial charge in [0.05, 0.1) is 20.8 Å². The van der Waals surface area contributed by atoms with Gasteiger partial charge in [-0.25, -0.2) is 0 Å². The van der Waals surface area contributed by atoms with Crippen LogP contribution in [0.2, 0.25) is 0 Å². The van der Waals surface area contributed by atoms with Crippen LogP contribution in [0, 0.1) is 0 Å². The number of ether oxygens (including phenoxy) is 1. The summed E-state index contributed by atoms with van der Waals surface area (Å²) in [6.45, 7) is 0. The van der Waals surface area contributed by atoms with Crippen LogP contribution in [0.5, 0.6) is 5.75 Å². The van der Waals surface area contributed by atoms with E-state index in [-0.39, 0.29) is 8.41 Å². The second-order valence-electron chi connectivity index (χ2n) is 3.74. The van der Waals surface area contributed by atoms with Gasteiger partial charge in [-0.2, -0.15) is 0 Å². The second-order valence-corrected chi connectivity index (χ2v) is 6.21. The van der Waals surface area contributed by atoms with E-state index in [0.717, 1.165) is 0 Å². The Balaban J connectivity index is 0.00000180. The highest BCUT2D eigenvalue weighted by atomic mass is 31.2. The average molecular weight is 276 g/mol. The summed E-state index contributed by atoms with van der Waals surface area (Å²) in [7, 11) is -0.0662. The van der Waals surface area contributed by atoms with Crippen LogP contribution in [-0.2, 0) is 9.09 Å². The standard InChI is InChI=1S/C14H15O3P.BH3/c1-16-13-10-6-7-11-14(13)18(15,17-2)12-8-4-3-5-9-12;/h3-11H,1-2H3;1H3. The van der Waals surface area contributed by atoms with Crippen LogP contribution in [0.25, 0.3) is 0 Å². The van der Waals surface area contributed by atoms with Crippen molar-refractivity contribution in [1.82, 2.24) is 0 Å². The maximum absolute atomic E-state index is 13.1. The van der Waals surface area contributed by atoms with Crippen LogP contribution in [0.3, 0.4) is 0 Å². The average Bonchev–Trinajstić information content (AvgIpc) is 2.47. The quantitative estimate of drug-likeness (QED) is 0.625. The molecule has 3 nitrogen and oxygen atoms in total. The molecule has 0 radical (unpaired) electrons. The van der Waals surface area contributed by atoms with Gasteiger partial charge in [0.2, 0.25) is 0 Å². The van der Waals surface area contributed by atoms with E-state index in [1.54, 1.807) is 31.4 Å². The SMILES string of the molecule is B.COc1ccccc1P(=O)(OC)c1ccccc1. The fraction of sp³-hybridized carbons (Fsp3) is 0.143. The predicted octanol–water partition coefficient (Wildman–Crippen LogP) is 1.39. The molecule has 2 aromatic carbocycles. The summed E-state index contributed by atoms with van der Waals surface area (Å²) in [5.74, 6) is 0.575. The number of hydrogen-bond donors (Lipinski definition) is 0. The minimum atomic E-state index is -3.08. The van der Waals surface area contributed by atoms with E-state index >= 15 is 0 Å². The molecular formula is C14H18BO3P. The Morgan fingerprint density at radius 1 is 0.895 bits per heavy atom. The summed E-state index contributed by atoms with van der Waals surface area (Å²) in [5, 5.41) is 1.25. The number of para-hydroxylation sites is 1. The van der Waals surface area contributed by atoms with Crippen molar-refractivity contribution >= 4 is 26.4 Å². The first kappa shape index (κ1) is 15.6. The Morgan fingerprint density at radius 2 is 1.47 bits per heavy atom. The number of benzene rings is 2. The topological polar surface area (TPSA) is 35.5 Å². The Morgan fingerprint density at radius 3 is 2.05 bits per heavy atom. The lowest BCUT2D eigenvalue weighted by Crippen LogP contribution is -2.18. The zero-order valence-electron chi connectivity index (χ0n) is 10.4. The van der Waals surface area contributed by atoms with E-state index in [0.29, 0.717) is 16.4 Å². The molecule has 0 aliphatic carbocycles. The minimum Gasteiger partial charge on any atom is -0.496 e. The van der Waals surface area contributed by atoms with Gasteiger partial charge < -0.3 is 9.26 Å². The van der Waals surface area contributed by atoms with Crippen molar-refractivity contribution in [2.75, 3.05) is 14.2 Å². The molecule has 0 saturated heterocycles. The second kappa shape index (κ2) is 6.60. The Hall–Kier alpha value is -1.51. The monoisotopic (exact) mass is 276 g/mol. The zero-order chi connectivity index (χ0) is 13.0. The van der Waals surface area contributed by atoms with Crippen LogP contribution in [0.15, 0.2) is 54.6 Å². The molecular weight excluding hydrogens is 258 g/mol. The summed E-state index contributed by atoms with van der Waals surface area (Å²) in [4.78, 5) is 0. The van der Waals surface area contributed by atoms with Crippen molar-refractivity contribution in [3.63, 3.8) is 0 Å². The summed E-state index contributed by atoms with van der Waals surface area (Å²) in [5.41, 5.74) is 0. The van der Waals surface area contributed by atoms with E-state index in [1.165, 1.54) is 7.11 Å². The molecule has 0 N–H and O–H groups in total. The molecule has 0 spiro atoms. The highest BCUT2D eigenvalue weighted by Gasteiger charge is 2.30. The third-order valence-corrected chi connectivity index (χ3v) is 5.25. The first-order chi connectivity index (χ1) is 8.72. The summed E-state index contributed by atoms with van der Waals surface area (Å²) >= 11 is 0. The molecule has 0 aliphatic heterocycles. The van der Waals surface area contributed by atoms with Crippen molar-refractivity contribution < 1.29 is 13.8 Å². The van der Waals surface area contributed by atoms with Gasteiger partial charge in [-0.3, -0.25) is 4.57 Å². The molecule has 2 aromatic rings. The van der Waals surface area contributed by atoms with Crippen LogP contribution >= 0.6 is 7.37 Å². The molecule has 0 saturated carbocycles. The third kappa shape index (κ3) is 2.91. The van der Waals surface area contributed by atoms with E-state index in [2.05, 4.69) is 0 Å². The highest BCUT2D eigenvalue weighted by molar-refractivity contribution is 7.74. The first-order valence-electron chi connectivity index (χ1n) is 5.57. The summed E-state index contributed by atoms with van der Waals surface area (Å²) in [6.07, 6.45) is 0. The van der Waals surface area contributed by atoms with Crippen molar-refractivity contribution in [2.45, 2.75) is 0 Å². The summed E-state index contributed by atoms with van der Waals surface area (Å²) in [6, 6.07) is 16.4. The maximum atomic E-state index is 13.1. The molecule has 0 bridgehead atoms. The van der Waals surface area contributed by atoms with Gasteiger partial charge >= 0.3 is 0 Å². The van der Waals surface area contributed by atoms with E-state index in [4.69, 9.17) is 9.26 Å². The molecule has 1 unspecified atom stereocenters. The molecule has 100 valence electrons. The van der Waals surface area contributed by atoms with Crippen LogP contribution in [0.1, 0.15) is 0 Å². The lowest BCUT2D eigenvalue weighted by atomic mass is 10.3. The molecule has 0 aromatic heterocycles. The lowest BCUT2D eigenvalue weighted by molar-refractivity contribution is 0.402. The van der Waals surface area contributed by atoms with Gasteiger partial charge in [-0.15, -0.1) is 0 Å².